The minimum Gasteiger partial charge on any atom is -0.448 e. The fourth-order valence-electron chi connectivity index (χ4n) is 7.50. The van der Waals surface area contributed by atoms with E-state index in [1.807, 2.05) is 36.4 Å². The maximum absolute atomic E-state index is 6.04. The number of furan rings is 2. The molecule has 234 valence electrons. The van der Waals surface area contributed by atoms with Crippen LogP contribution in [0.1, 0.15) is 22.3 Å². The highest BCUT2D eigenvalue weighted by molar-refractivity contribution is 5.91. The van der Waals surface area contributed by atoms with Gasteiger partial charge in [-0.3, -0.25) is 9.80 Å². The summed E-state index contributed by atoms with van der Waals surface area (Å²) < 4.78 is 12.1. The molecule has 0 saturated heterocycles. The number of benzene rings is 6. The van der Waals surface area contributed by atoms with E-state index in [2.05, 4.69) is 155 Å². The molecule has 8 aromatic rings. The molecule has 0 bridgehead atoms. The molecule has 4 nitrogen and oxygen atoms in total. The topological polar surface area (TPSA) is 32.8 Å². The monoisotopic (exact) mass is 632 g/mol. The van der Waals surface area contributed by atoms with Gasteiger partial charge in [-0.15, -0.1) is 0 Å². The largest absolute Gasteiger partial charge is 0.448 e. The van der Waals surface area contributed by atoms with Crippen molar-refractivity contribution in [1.29, 1.82) is 0 Å². The standard InChI is InChI=1S/C45H32N2O2/c1-5-15-33(16-6-1)45(34-17-7-2-8-18-34)41-31-37(46(43-23-13-29-48-43)35-19-9-3-10-20-35)25-27-39(41)40-28-26-38(32-42(40)45)47(44-24-14-30-49-44)36-21-11-4-12-22-36/h1-32H. The first-order valence-corrected chi connectivity index (χ1v) is 16.5. The van der Waals surface area contributed by atoms with Crippen LogP contribution in [0.4, 0.5) is 34.5 Å². The fraction of sp³-hybridized carbons (Fsp3) is 0.0222. The van der Waals surface area contributed by atoms with E-state index < -0.39 is 5.41 Å². The molecule has 4 heteroatoms. The normalized spacial score (nSPS) is 12.7. The van der Waals surface area contributed by atoms with Crippen LogP contribution in [0, 0.1) is 0 Å². The summed E-state index contributed by atoms with van der Waals surface area (Å²) in [4.78, 5) is 4.37. The average molecular weight is 633 g/mol. The molecule has 6 aromatic carbocycles. The Kier molecular flexibility index (Phi) is 6.98. The lowest BCUT2D eigenvalue weighted by Crippen LogP contribution is -2.29. The summed E-state index contributed by atoms with van der Waals surface area (Å²) in [7, 11) is 0. The van der Waals surface area contributed by atoms with E-state index >= 15 is 0 Å². The molecular weight excluding hydrogens is 601 g/mol. The number of hydrogen-bond donors (Lipinski definition) is 0. The highest BCUT2D eigenvalue weighted by Crippen LogP contribution is 2.58. The zero-order valence-corrected chi connectivity index (χ0v) is 26.7. The fourth-order valence-corrected chi connectivity index (χ4v) is 7.50. The molecule has 1 aliphatic rings. The van der Waals surface area contributed by atoms with E-state index in [0.29, 0.717) is 0 Å². The van der Waals surface area contributed by atoms with Crippen LogP contribution in [0.2, 0.25) is 0 Å². The molecule has 0 fully saturated rings. The Balaban J connectivity index is 1.33. The first-order valence-electron chi connectivity index (χ1n) is 16.5. The molecule has 0 spiro atoms. The van der Waals surface area contributed by atoms with Crippen LogP contribution in [0.25, 0.3) is 11.1 Å². The molecule has 9 rings (SSSR count). The van der Waals surface area contributed by atoms with E-state index in [4.69, 9.17) is 8.83 Å². The third-order valence-electron chi connectivity index (χ3n) is 9.52. The van der Waals surface area contributed by atoms with Crippen LogP contribution < -0.4 is 9.80 Å². The van der Waals surface area contributed by atoms with Crippen molar-refractivity contribution in [2.24, 2.45) is 0 Å². The minimum atomic E-state index is -0.615. The van der Waals surface area contributed by atoms with Crippen molar-refractivity contribution in [3.63, 3.8) is 0 Å². The SMILES string of the molecule is c1ccc(N(c2ccc3c(c2)C(c2ccccc2)(c2ccccc2)c2cc(N(c4ccccc4)c4ccco4)ccc2-3)c2ccco2)cc1. The van der Waals surface area contributed by atoms with Crippen LogP contribution in [-0.4, -0.2) is 0 Å². The Labute approximate surface area is 285 Å². The Morgan fingerprint density at radius 3 is 1.10 bits per heavy atom. The smallest absolute Gasteiger partial charge is 0.204 e. The molecule has 0 amide bonds. The Morgan fingerprint density at radius 2 is 0.735 bits per heavy atom. The summed E-state index contributed by atoms with van der Waals surface area (Å²) in [5, 5.41) is 0. The lowest BCUT2D eigenvalue weighted by molar-refractivity contribution is 0.573. The van der Waals surface area contributed by atoms with Gasteiger partial charge in [0.2, 0.25) is 11.8 Å². The van der Waals surface area contributed by atoms with Gasteiger partial charge in [0, 0.05) is 34.9 Å². The third-order valence-corrected chi connectivity index (χ3v) is 9.52. The van der Waals surface area contributed by atoms with Gasteiger partial charge in [0.25, 0.3) is 0 Å². The number of rotatable bonds is 8. The average Bonchev–Trinajstić information content (AvgIpc) is 3.95. The molecule has 2 heterocycles. The van der Waals surface area contributed by atoms with Crippen LogP contribution in [0.15, 0.2) is 203 Å². The number of hydrogen-bond acceptors (Lipinski definition) is 4. The van der Waals surface area contributed by atoms with Crippen LogP contribution in [0.5, 0.6) is 0 Å². The third kappa shape index (κ3) is 4.68. The van der Waals surface area contributed by atoms with Gasteiger partial charge in [-0.1, -0.05) is 109 Å². The molecule has 0 N–H and O–H groups in total. The van der Waals surface area contributed by atoms with Gasteiger partial charge in [-0.2, -0.15) is 0 Å². The molecule has 0 unspecified atom stereocenters. The molecule has 0 saturated carbocycles. The van der Waals surface area contributed by atoms with Crippen LogP contribution in [-0.2, 0) is 5.41 Å². The molecule has 49 heavy (non-hydrogen) atoms. The van der Waals surface area contributed by atoms with E-state index in [0.717, 1.165) is 34.5 Å². The molecule has 0 aliphatic heterocycles. The van der Waals surface area contributed by atoms with Gasteiger partial charge in [-0.25, -0.2) is 0 Å². The van der Waals surface area contributed by atoms with E-state index in [-0.39, 0.29) is 0 Å². The number of anilines is 6. The van der Waals surface area contributed by atoms with Crippen molar-refractivity contribution in [2.75, 3.05) is 9.80 Å². The Hall–Kier alpha value is -6.52. The van der Waals surface area contributed by atoms with Gasteiger partial charge in [0.15, 0.2) is 0 Å². The second-order valence-electron chi connectivity index (χ2n) is 12.2. The number of para-hydroxylation sites is 2. The maximum atomic E-state index is 6.04. The Bertz CT molecular complexity index is 2150. The minimum absolute atomic E-state index is 0.615. The second-order valence-corrected chi connectivity index (χ2v) is 12.2. The molecule has 2 aromatic heterocycles. The van der Waals surface area contributed by atoms with Gasteiger partial charge in [-0.05, 0) is 94.0 Å². The first kappa shape index (κ1) is 28.7. The second kappa shape index (κ2) is 11.9. The van der Waals surface area contributed by atoms with Gasteiger partial charge < -0.3 is 8.83 Å². The van der Waals surface area contributed by atoms with Crippen molar-refractivity contribution < 1.29 is 8.83 Å². The lowest BCUT2D eigenvalue weighted by Gasteiger charge is -2.35. The maximum Gasteiger partial charge on any atom is 0.204 e. The van der Waals surface area contributed by atoms with Crippen molar-refractivity contribution in [2.45, 2.75) is 5.41 Å². The van der Waals surface area contributed by atoms with Crippen molar-refractivity contribution >= 4 is 34.5 Å². The highest BCUT2D eigenvalue weighted by Gasteiger charge is 2.47. The van der Waals surface area contributed by atoms with Crippen molar-refractivity contribution in [1.82, 2.24) is 0 Å². The van der Waals surface area contributed by atoms with E-state index in [1.54, 1.807) is 12.5 Å². The number of nitrogens with zero attached hydrogens (tertiary/aromatic N) is 2. The van der Waals surface area contributed by atoms with E-state index in [9.17, 15) is 0 Å². The van der Waals surface area contributed by atoms with E-state index in [1.165, 1.54) is 33.4 Å². The molecule has 1 aliphatic carbocycles. The molecule has 0 atom stereocenters. The summed E-state index contributed by atoms with van der Waals surface area (Å²) in [5.74, 6) is 1.51. The quantitative estimate of drug-likeness (QED) is 0.167. The summed E-state index contributed by atoms with van der Waals surface area (Å²) in [6.45, 7) is 0. The predicted molar refractivity (Wildman–Crippen MR) is 198 cm³/mol. The highest BCUT2D eigenvalue weighted by atomic mass is 16.3. The molecular formula is C45H32N2O2. The summed E-state index contributed by atoms with van der Waals surface area (Å²) in [6, 6.07) is 64.1. The summed E-state index contributed by atoms with van der Waals surface area (Å²) >= 11 is 0. The summed E-state index contributed by atoms with van der Waals surface area (Å²) in [5.41, 5.74) is 10.7. The predicted octanol–water partition coefficient (Wildman–Crippen LogP) is 12.2. The first-order chi connectivity index (χ1) is 24.3. The molecule has 0 radical (unpaired) electrons. The lowest BCUT2D eigenvalue weighted by atomic mass is 9.67. The van der Waals surface area contributed by atoms with Crippen molar-refractivity contribution in [3.05, 3.63) is 217 Å². The van der Waals surface area contributed by atoms with Crippen LogP contribution in [0.3, 0.4) is 0 Å². The zero-order chi connectivity index (χ0) is 32.6. The zero-order valence-electron chi connectivity index (χ0n) is 26.7. The van der Waals surface area contributed by atoms with Gasteiger partial charge in [0.05, 0.1) is 17.9 Å². The van der Waals surface area contributed by atoms with Crippen LogP contribution >= 0.6 is 0 Å². The van der Waals surface area contributed by atoms with Crippen molar-refractivity contribution in [3.8, 4) is 11.1 Å². The van der Waals surface area contributed by atoms with Gasteiger partial charge in [0.1, 0.15) is 0 Å². The Morgan fingerprint density at radius 1 is 0.347 bits per heavy atom. The number of fused-ring (bicyclic) bond motifs is 3. The summed E-state index contributed by atoms with van der Waals surface area (Å²) in [6.07, 6.45) is 3.46. The van der Waals surface area contributed by atoms with Gasteiger partial charge >= 0.3 is 0 Å².